The van der Waals surface area contributed by atoms with Crippen LogP contribution in [0.4, 0.5) is 0 Å². The number of hydrogen-bond donors (Lipinski definition) is 1. The fourth-order valence-electron chi connectivity index (χ4n) is 3.95. The Morgan fingerprint density at radius 1 is 1.12 bits per heavy atom. The molecule has 6 heteroatoms. The lowest BCUT2D eigenvalue weighted by Crippen LogP contribution is -2.61. The maximum atomic E-state index is 12.9. The minimum atomic E-state index is -1.43. The van der Waals surface area contributed by atoms with Gasteiger partial charge >= 0.3 is 0 Å². The highest BCUT2D eigenvalue weighted by Gasteiger charge is 2.43. The number of likely N-dealkylation sites (tertiary alicyclic amines) is 1. The van der Waals surface area contributed by atoms with Gasteiger partial charge in [-0.25, -0.2) is 0 Å². The Balaban J connectivity index is 1.55. The SMILES string of the molecule is CC(=O)N1CCC[C@](O)(C(=O)N2CCN(Cc3cccc(C)c3)CC2)C1. The molecule has 2 aliphatic heterocycles. The van der Waals surface area contributed by atoms with Crippen LogP contribution >= 0.6 is 0 Å². The van der Waals surface area contributed by atoms with Crippen molar-refractivity contribution in [2.45, 2.75) is 38.8 Å². The summed E-state index contributed by atoms with van der Waals surface area (Å²) in [5.41, 5.74) is 1.11. The molecule has 6 nitrogen and oxygen atoms in total. The standard InChI is InChI=1S/C20H29N3O3/c1-16-5-3-6-18(13-16)14-21-9-11-22(12-10-21)19(25)20(26)7-4-8-23(15-20)17(2)24/h3,5-6,13,26H,4,7-12,14-15H2,1-2H3/t20-/m1/s1. The number of nitrogens with zero attached hydrogens (tertiary/aromatic N) is 3. The van der Waals surface area contributed by atoms with Gasteiger partial charge in [-0.05, 0) is 25.3 Å². The molecule has 0 bridgehead atoms. The summed E-state index contributed by atoms with van der Waals surface area (Å²) in [5, 5.41) is 10.8. The van der Waals surface area contributed by atoms with E-state index in [1.807, 2.05) is 0 Å². The summed E-state index contributed by atoms with van der Waals surface area (Å²) < 4.78 is 0. The Bertz CT molecular complexity index is 670. The highest BCUT2D eigenvalue weighted by Crippen LogP contribution is 2.24. The van der Waals surface area contributed by atoms with Crippen molar-refractivity contribution in [3.63, 3.8) is 0 Å². The van der Waals surface area contributed by atoms with Gasteiger partial charge in [-0.15, -0.1) is 0 Å². The normalized spacial score (nSPS) is 24.6. The number of rotatable bonds is 3. The van der Waals surface area contributed by atoms with E-state index < -0.39 is 5.60 Å². The molecule has 2 fully saturated rings. The summed E-state index contributed by atoms with van der Waals surface area (Å²) in [5.74, 6) is -0.308. The molecule has 2 amide bonds. The van der Waals surface area contributed by atoms with Gasteiger partial charge in [-0.3, -0.25) is 14.5 Å². The van der Waals surface area contributed by atoms with E-state index in [-0.39, 0.29) is 18.4 Å². The Hall–Kier alpha value is -1.92. The van der Waals surface area contributed by atoms with Crippen molar-refractivity contribution in [3.8, 4) is 0 Å². The van der Waals surface area contributed by atoms with Crippen LogP contribution in [0.3, 0.4) is 0 Å². The van der Waals surface area contributed by atoms with Gasteiger partial charge in [0.05, 0.1) is 6.54 Å². The molecule has 0 aliphatic carbocycles. The minimum Gasteiger partial charge on any atom is -0.378 e. The lowest BCUT2D eigenvalue weighted by molar-refractivity contribution is -0.161. The first kappa shape index (κ1) is 18.9. The van der Waals surface area contributed by atoms with Crippen LogP contribution in [-0.4, -0.2) is 76.5 Å². The fraction of sp³-hybridized carbons (Fsp3) is 0.600. The van der Waals surface area contributed by atoms with E-state index >= 15 is 0 Å². The smallest absolute Gasteiger partial charge is 0.256 e. The molecule has 142 valence electrons. The maximum absolute atomic E-state index is 12.9. The number of β-amino-alcohol motifs (C(OH)–C–C–N with tert-alkyl or cyclic N) is 1. The fourth-order valence-corrected chi connectivity index (χ4v) is 3.95. The van der Waals surface area contributed by atoms with E-state index in [1.54, 1.807) is 9.80 Å². The van der Waals surface area contributed by atoms with Crippen molar-refractivity contribution in [2.75, 3.05) is 39.3 Å². The van der Waals surface area contributed by atoms with Crippen LogP contribution in [0.5, 0.6) is 0 Å². The number of aliphatic hydroxyl groups is 1. The third kappa shape index (κ3) is 4.24. The molecule has 1 N–H and O–H groups in total. The molecule has 26 heavy (non-hydrogen) atoms. The first-order valence-corrected chi connectivity index (χ1v) is 9.42. The highest BCUT2D eigenvalue weighted by molar-refractivity contribution is 5.86. The van der Waals surface area contributed by atoms with Crippen LogP contribution < -0.4 is 0 Å². The van der Waals surface area contributed by atoms with Crippen molar-refractivity contribution in [2.24, 2.45) is 0 Å². The second kappa shape index (κ2) is 7.76. The van der Waals surface area contributed by atoms with Gasteiger partial charge in [-0.1, -0.05) is 29.8 Å². The van der Waals surface area contributed by atoms with Gasteiger partial charge in [0.2, 0.25) is 5.91 Å². The second-order valence-corrected chi connectivity index (χ2v) is 7.63. The van der Waals surface area contributed by atoms with Gasteiger partial charge in [0.25, 0.3) is 5.91 Å². The average molecular weight is 359 g/mol. The molecule has 3 rings (SSSR count). The monoisotopic (exact) mass is 359 g/mol. The Morgan fingerprint density at radius 3 is 2.50 bits per heavy atom. The maximum Gasteiger partial charge on any atom is 0.256 e. The van der Waals surface area contributed by atoms with E-state index in [9.17, 15) is 14.7 Å². The Labute approximate surface area is 155 Å². The van der Waals surface area contributed by atoms with Crippen LogP contribution in [0, 0.1) is 6.92 Å². The van der Waals surface area contributed by atoms with Gasteiger partial charge in [0.15, 0.2) is 5.60 Å². The van der Waals surface area contributed by atoms with Gasteiger partial charge in [0, 0.05) is 46.2 Å². The zero-order valence-electron chi connectivity index (χ0n) is 15.8. The largest absolute Gasteiger partial charge is 0.378 e. The summed E-state index contributed by atoms with van der Waals surface area (Å²) in [7, 11) is 0. The molecule has 2 heterocycles. The number of carbonyl (C=O) groups excluding carboxylic acids is 2. The number of piperidine rings is 1. The van der Waals surface area contributed by atoms with E-state index in [1.165, 1.54) is 18.1 Å². The van der Waals surface area contributed by atoms with Gasteiger partial charge < -0.3 is 14.9 Å². The quantitative estimate of drug-likeness (QED) is 0.875. The van der Waals surface area contributed by atoms with Crippen molar-refractivity contribution in [1.29, 1.82) is 0 Å². The van der Waals surface area contributed by atoms with Crippen molar-refractivity contribution >= 4 is 11.8 Å². The molecule has 1 aromatic rings. The van der Waals surface area contributed by atoms with Crippen LogP contribution in [0.15, 0.2) is 24.3 Å². The third-order valence-electron chi connectivity index (χ3n) is 5.46. The summed E-state index contributed by atoms with van der Waals surface area (Å²) in [6.07, 6.45) is 1.09. The first-order valence-electron chi connectivity index (χ1n) is 9.42. The summed E-state index contributed by atoms with van der Waals surface area (Å²) in [6, 6.07) is 8.49. The molecule has 0 spiro atoms. The Morgan fingerprint density at radius 2 is 1.85 bits per heavy atom. The number of hydrogen-bond acceptors (Lipinski definition) is 4. The van der Waals surface area contributed by atoms with Gasteiger partial charge in [0.1, 0.15) is 0 Å². The molecule has 2 aliphatic rings. The lowest BCUT2D eigenvalue weighted by Gasteiger charge is -2.42. The van der Waals surface area contributed by atoms with Crippen molar-refractivity contribution in [3.05, 3.63) is 35.4 Å². The summed E-state index contributed by atoms with van der Waals surface area (Å²) >= 11 is 0. The summed E-state index contributed by atoms with van der Waals surface area (Å²) in [6.45, 7) is 8.03. The van der Waals surface area contributed by atoms with E-state index in [0.717, 1.165) is 19.6 Å². The van der Waals surface area contributed by atoms with Crippen molar-refractivity contribution in [1.82, 2.24) is 14.7 Å². The second-order valence-electron chi connectivity index (χ2n) is 7.63. The number of piperazine rings is 1. The summed E-state index contributed by atoms with van der Waals surface area (Å²) in [4.78, 5) is 30.2. The topological polar surface area (TPSA) is 64.1 Å². The Kier molecular flexibility index (Phi) is 5.63. The molecular formula is C20H29N3O3. The predicted octanol–water partition coefficient (Wildman–Crippen LogP) is 1.01. The van der Waals surface area contributed by atoms with Crippen LogP contribution in [0.1, 0.15) is 30.9 Å². The molecule has 0 radical (unpaired) electrons. The first-order chi connectivity index (χ1) is 12.4. The highest BCUT2D eigenvalue weighted by atomic mass is 16.3. The number of carbonyl (C=O) groups is 2. The molecule has 2 saturated heterocycles. The van der Waals surface area contributed by atoms with Crippen molar-refractivity contribution < 1.29 is 14.7 Å². The predicted molar refractivity (Wildman–Crippen MR) is 99.5 cm³/mol. The van der Waals surface area contributed by atoms with Gasteiger partial charge in [-0.2, -0.15) is 0 Å². The van der Waals surface area contributed by atoms with Crippen LogP contribution in [0.2, 0.25) is 0 Å². The average Bonchev–Trinajstić information content (AvgIpc) is 2.62. The number of amides is 2. The number of aryl methyl sites for hydroxylation is 1. The van der Waals surface area contributed by atoms with E-state index in [2.05, 4.69) is 36.1 Å². The molecule has 0 saturated carbocycles. The zero-order chi connectivity index (χ0) is 18.7. The zero-order valence-corrected chi connectivity index (χ0v) is 15.8. The van der Waals surface area contributed by atoms with E-state index in [0.29, 0.717) is 32.5 Å². The molecule has 0 unspecified atom stereocenters. The van der Waals surface area contributed by atoms with Crippen LogP contribution in [-0.2, 0) is 16.1 Å². The number of benzene rings is 1. The van der Waals surface area contributed by atoms with E-state index in [4.69, 9.17) is 0 Å². The van der Waals surface area contributed by atoms with Crippen LogP contribution in [0.25, 0.3) is 0 Å². The molecular weight excluding hydrogens is 330 g/mol. The molecule has 1 aromatic carbocycles. The molecule has 0 aromatic heterocycles. The lowest BCUT2D eigenvalue weighted by atomic mass is 9.91. The minimum absolute atomic E-state index is 0.0844. The molecule has 1 atom stereocenters. The third-order valence-corrected chi connectivity index (χ3v) is 5.46.